The molecule has 1 N–H and O–H groups in total. The van der Waals surface area contributed by atoms with Gasteiger partial charge in [0.25, 0.3) is 5.91 Å². The third-order valence-corrected chi connectivity index (χ3v) is 4.91. The zero-order valence-corrected chi connectivity index (χ0v) is 14.7. The van der Waals surface area contributed by atoms with E-state index in [9.17, 15) is 4.79 Å². The Balaban J connectivity index is 0.00000192. The van der Waals surface area contributed by atoms with Crippen LogP contribution in [0.25, 0.3) is 0 Å². The molecule has 2 fully saturated rings. The number of ether oxygens (including phenoxy) is 2. The van der Waals surface area contributed by atoms with Crippen LogP contribution in [0.2, 0.25) is 0 Å². The highest BCUT2D eigenvalue weighted by atomic mass is 35.5. The lowest BCUT2D eigenvalue weighted by Gasteiger charge is -2.35. The van der Waals surface area contributed by atoms with Gasteiger partial charge in [-0.3, -0.25) is 4.79 Å². The number of rotatable bonds is 4. The van der Waals surface area contributed by atoms with Crippen LogP contribution in [0.3, 0.4) is 0 Å². The minimum atomic E-state index is 0. The van der Waals surface area contributed by atoms with Gasteiger partial charge < -0.3 is 19.7 Å². The predicted molar refractivity (Wildman–Crippen MR) is 91.9 cm³/mol. The van der Waals surface area contributed by atoms with Crippen LogP contribution in [0, 0.1) is 0 Å². The van der Waals surface area contributed by atoms with E-state index in [1.807, 2.05) is 11.9 Å². The summed E-state index contributed by atoms with van der Waals surface area (Å²) in [7, 11) is 5.10. The lowest BCUT2D eigenvalue weighted by molar-refractivity contribution is 0.0681. The van der Waals surface area contributed by atoms with E-state index in [0.717, 1.165) is 12.8 Å². The molecule has 2 aliphatic heterocycles. The Labute approximate surface area is 143 Å². The number of carbonyl (C=O) groups excluding carboxylic acids is 1. The molecule has 0 radical (unpaired) electrons. The number of nitrogens with one attached hydrogen (secondary N) is 1. The van der Waals surface area contributed by atoms with E-state index in [2.05, 4.69) is 5.32 Å². The second kappa shape index (κ2) is 7.41. The van der Waals surface area contributed by atoms with E-state index in [1.54, 1.807) is 32.4 Å². The fraction of sp³-hybridized carbons (Fsp3) is 0.588. The van der Waals surface area contributed by atoms with Gasteiger partial charge in [0.1, 0.15) is 11.5 Å². The van der Waals surface area contributed by atoms with Crippen LogP contribution < -0.4 is 14.8 Å². The zero-order chi connectivity index (χ0) is 15.7. The summed E-state index contributed by atoms with van der Waals surface area (Å²) in [5, 5.41) is 3.61. The van der Waals surface area contributed by atoms with Gasteiger partial charge in [-0.2, -0.15) is 0 Å². The molecule has 2 heterocycles. The normalized spacial score (nSPS) is 25.4. The van der Waals surface area contributed by atoms with Crippen molar-refractivity contribution in [2.24, 2.45) is 0 Å². The molecule has 1 aromatic carbocycles. The molecule has 23 heavy (non-hydrogen) atoms. The Hall–Kier alpha value is -1.46. The van der Waals surface area contributed by atoms with Crippen molar-refractivity contribution >= 4 is 18.3 Å². The van der Waals surface area contributed by atoms with Crippen molar-refractivity contribution in [3.63, 3.8) is 0 Å². The first-order valence-corrected chi connectivity index (χ1v) is 7.87. The number of carbonyl (C=O) groups is 1. The first kappa shape index (κ1) is 17.9. The summed E-state index contributed by atoms with van der Waals surface area (Å²) in [6.07, 6.45) is 4.55. The molecule has 0 spiro atoms. The van der Waals surface area contributed by atoms with E-state index in [4.69, 9.17) is 9.47 Å². The quantitative estimate of drug-likeness (QED) is 0.915. The largest absolute Gasteiger partial charge is 0.497 e. The molecule has 0 aromatic heterocycles. The molecule has 2 atom stereocenters. The van der Waals surface area contributed by atoms with Crippen LogP contribution in [0.1, 0.15) is 36.0 Å². The molecule has 2 bridgehead atoms. The Bertz CT molecular complexity index is 533. The molecular formula is C17H25ClN2O3. The van der Waals surface area contributed by atoms with Gasteiger partial charge in [-0.15, -0.1) is 12.4 Å². The molecule has 5 nitrogen and oxygen atoms in total. The van der Waals surface area contributed by atoms with E-state index in [1.165, 1.54) is 12.8 Å². The van der Waals surface area contributed by atoms with Crippen molar-refractivity contribution in [2.45, 2.75) is 43.8 Å². The highest BCUT2D eigenvalue weighted by Crippen LogP contribution is 2.30. The summed E-state index contributed by atoms with van der Waals surface area (Å²) in [6.45, 7) is 0. The molecule has 0 saturated carbocycles. The first-order chi connectivity index (χ1) is 10.6. The molecule has 2 unspecified atom stereocenters. The van der Waals surface area contributed by atoms with Crippen molar-refractivity contribution in [2.75, 3.05) is 21.3 Å². The number of nitrogens with zero attached hydrogens (tertiary/aromatic N) is 1. The van der Waals surface area contributed by atoms with Crippen LogP contribution in [-0.2, 0) is 0 Å². The van der Waals surface area contributed by atoms with Crippen molar-refractivity contribution in [1.82, 2.24) is 10.2 Å². The van der Waals surface area contributed by atoms with E-state index in [0.29, 0.717) is 35.2 Å². The number of halogens is 1. The number of hydrogen-bond donors (Lipinski definition) is 1. The smallest absolute Gasteiger partial charge is 0.254 e. The molecule has 2 aliphatic rings. The third kappa shape index (κ3) is 3.72. The fourth-order valence-electron chi connectivity index (χ4n) is 3.64. The number of amides is 1. The second-order valence-corrected chi connectivity index (χ2v) is 6.28. The van der Waals surface area contributed by atoms with Crippen LogP contribution >= 0.6 is 12.4 Å². The van der Waals surface area contributed by atoms with Crippen LogP contribution in [0.5, 0.6) is 11.5 Å². The minimum Gasteiger partial charge on any atom is -0.497 e. The zero-order valence-electron chi connectivity index (χ0n) is 13.9. The predicted octanol–water partition coefficient (Wildman–Crippen LogP) is 2.48. The van der Waals surface area contributed by atoms with E-state index < -0.39 is 0 Å². The molecular weight excluding hydrogens is 316 g/mol. The third-order valence-electron chi connectivity index (χ3n) is 4.91. The average molecular weight is 341 g/mol. The molecule has 1 amide bonds. The molecule has 3 rings (SSSR count). The highest BCUT2D eigenvalue weighted by molar-refractivity contribution is 5.95. The van der Waals surface area contributed by atoms with Gasteiger partial charge >= 0.3 is 0 Å². The summed E-state index contributed by atoms with van der Waals surface area (Å²) >= 11 is 0. The Morgan fingerprint density at radius 1 is 1.09 bits per heavy atom. The van der Waals surface area contributed by atoms with Gasteiger partial charge in [-0.1, -0.05) is 0 Å². The second-order valence-electron chi connectivity index (χ2n) is 6.28. The molecule has 2 saturated heterocycles. The van der Waals surface area contributed by atoms with Gasteiger partial charge in [-0.05, 0) is 37.8 Å². The number of hydrogen-bond acceptors (Lipinski definition) is 4. The lowest BCUT2D eigenvalue weighted by Crippen LogP contribution is -2.48. The standard InChI is InChI=1S/C17H24N2O3.ClH/c1-19(14-8-12-4-5-13(9-14)18-12)17(20)11-6-15(21-2)10-16(7-11)22-3;/h6-7,10,12-14,18H,4-5,8-9H2,1-3H3;1H. The molecule has 6 heteroatoms. The SMILES string of the molecule is COc1cc(OC)cc(C(=O)N(C)C2CC3CCC(C2)N3)c1.Cl. The van der Waals surface area contributed by atoms with Gasteiger partial charge in [-0.25, -0.2) is 0 Å². The maximum absolute atomic E-state index is 12.8. The van der Waals surface area contributed by atoms with Crippen LogP contribution in [0.4, 0.5) is 0 Å². The van der Waals surface area contributed by atoms with Crippen molar-refractivity contribution in [3.05, 3.63) is 23.8 Å². The number of piperidine rings is 1. The maximum Gasteiger partial charge on any atom is 0.254 e. The first-order valence-electron chi connectivity index (χ1n) is 7.87. The van der Waals surface area contributed by atoms with Gasteiger partial charge in [0.2, 0.25) is 0 Å². The number of methoxy groups -OCH3 is 2. The summed E-state index contributed by atoms with van der Waals surface area (Å²) in [5.74, 6) is 1.31. The Morgan fingerprint density at radius 2 is 1.61 bits per heavy atom. The monoisotopic (exact) mass is 340 g/mol. The Kier molecular flexibility index (Phi) is 5.76. The van der Waals surface area contributed by atoms with Crippen LogP contribution in [-0.4, -0.2) is 50.2 Å². The average Bonchev–Trinajstić information content (AvgIpc) is 2.90. The number of fused-ring (bicyclic) bond motifs is 2. The summed E-state index contributed by atoms with van der Waals surface area (Å²) in [5.41, 5.74) is 0.615. The van der Waals surface area contributed by atoms with Crippen molar-refractivity contribution in [3.8, 4) is 11.5 Å². The minimum absolute atomic E-state index is 0. The molecule has 1 aromatic rings. The summed E-state index contributed by atoms with van der Waals surface area (Å²) < 4.78 is 10.5. The Morgan fingerprint density at radius 3 is 2.09 bits per heavy atom. The lowest BCUT2D eigenvalue weighted by atomic mass is 9.98. The fourth-order valence-corrected chi connectivity index (χ4v) is 3.64. The van der Waals surface area contributed by atoms with E-state index in [-0.39, 0.29) is 18.3 Å². The maximum atomic E-state index is 12.8. The van der Waals surface area contributed by atoms with Crippen LogP contribution in [0.15, 0.2) is 18.2 Å². The van der Waals surface area contributed by atoms with Gasteiger partial charge in [0.05, 0.1) is 14.2 Å². The topological polar surface area (TPSA) is 50.8 Å². The molecule has 128 valence electrons. The molecule has 0 aliphatic carbocycles. The van der Waals surface area contributed by atoms with Crippen molar-refractivity contribution in [1.29, 1.82) is 0 Å². The van der Waals surface area contributed by atoms with Crippen molar-refractivity contribution < 1.29 is 14.3 Å². The highest BCUT2D eigenvalue weighted by Gasteiger charge is 2.36. The van der Waals surface area contributed by atoms with E-state index >= 15 is 0 Å². The summed E-state index contributed by atoms with van der Waals surface area (Å²) in [4.78, 5) is 14.7. The summed E-state index contributed by atoms with van der Waals surface area (Å²) in [6, 6.07) is 6.77. The van der Waals surface area contributed by atoms with Gasteiger partial charge in [0.15, 0.2) is 0 Å². The number of benzene rings is 1. The van der Waals surface area contributed by atoms with Gasteiger partial charge in [0, 0.05) is 36.8 Å².